The molecule has 0 aliphatic heterocycles. The number of aryl methyl sites for hydroxylation is 1. The number of hydrogen-bond donors (Lipinski definition) is 1. The monoisotopic (exact) mass is 261 g/mol. The number of carbonyl (C=O) groups is 1. The summed E-state index contributed by atoms with van der Waals surface area (Å²) >= 11 is 0. The van der Waals surface area contributed by atoms with Gasteiger partial charge in [0.05, 0.1) is 6.61 Å². The summed E-state index contributed by atoms with van der Waals surface area (Å²) in [4.78, 5) is 12.5. The Balaban J connectivity index is 2.35. The van der Waals surface area contributed by atoms with Crippen molar-refractivity contribution >= 4 is 5.97 Å². The Morgan fingerprint density at radius 2 is 1.95 bits per heavy atom. The Morgan fingerprint density at radius 1 is 1.32 bits per heavy atom. The van der Waals surface area contributed by atoms with E-state index in [1.54, 1.807) is 0 Å². The molecule has 19 heavy (non-hydrogen) atoms. The van der Waals surface area contributed by atoms with E-state index in [2.05, 4.69) is 12.2 Å². The summed E-state index contributed by atoms with van der Waals surface area (Å²) in [5.74, 6) is -0.159. The number of esters is 1. The molecule has 104 valence electrons. The van der Waals surface area contributed by atoms with Gasteiger partial charge < -0.3 is 4.74 Å². The zero-order valence-electron chi connectivity index (χ0n) is 12.0. The van der Waals surface area contributed by atoms with Gasteiger partial charge in [0.25, 0.3) is 0 Å². The highest BCUT2D eigenvalue weighted by Crippen LogP contribution is 2.32. The van der Waals surface area contributed by atoms with Gasteiger partial charge in [-0.3, -0.25) is 5.32 Å². The molecule has 1 aliphatic carbocycles. The molecule has 2 rings (SSSR count). The van der Waals surface area contributed by atoms with Crippen LogP contribution < -0.4 is 5.32 Å². The molecule has 1 N–H and O–H groups in total. The van der Waals surface area contributed by atoms with E-state index in [0.29, 0.717) is 19.1 Å². The Hall–Kier alpha value is -1.35. The predicted molar refractivity (Wildman–Crippen MR) is 75.9 cm³/mol. The largest absolute Gasteiger partial charge is 0.464 e. The second kappa shape index (κ2) is 5.74. The summed E-state index contributed by atoms with van der Waals surface area (Å²) < 4.78 is 5.31. The zero-order chi connectivity index (χ0) is 13.9. The third-order valence-corrected chi connectivity index (χ3v) is 3.73. The van der Waals surface area contributed by atoms with Crippen LogP contribution in [0, 0.1) is 6.92 Å². The van der Waals surface area contributed by atoms with Gasteiger partial charge in [-0.1, -0.05) is 36.8 Å². The maximum atomic E-state index is 12.5. The number of carbonyl (C=O) groups excluding carboxylic acids is 1. The molecular formula is C16H23NO2. The third-order valence-electron chi connectivity index (χ3n) is 3.73. The number of nitrogens with one attached hydrogen (secondary N) is 1. The molecule has 1 aromatic carbocycles. The van der Waals surface area contributed by atoms with Crippen molar-refractivity contribution in [3.8, 4) is 0 Å². The van der Waals surface area contributed by atoms with E-state index in [9.17, 15) is 4.79 Å². The summed E-state index contributed by atoms with van der Waals surface area (Å²) in [7, 11) is 0. The average molecular weight is 261 g/mol. The maximum Gasteiger partial charge on any atom is 0.330 e. The summed E-state index contributed by atoms with van der Waals surface area (Å²) in [6, 6.07) is 8.61. The SMILES string of the molecule is CCOC(=O)C(CC)(NC1CC1)c1ccc(C)cc1. The zero-order valence-corrected chi connectivity index (χ0v) is 12.0. The minimum Gasteiger partial charge on any atom is -0.464 e. The quantitative estimate of drug-likeness (QED) is 0.800. The average Bonchev–Trinajstić information content (AvgIpc) is 3.21. The molecule has 1 aromatic rings. The molecule has 3 nitrogen and oxygen atoms in total. The van der Waals surface area contributed by atoms with Gasteiger partial charge in [-0.05, 0) is 38.7 Å². The van der Waals surface area contributed by atoms with Crippen LogP contribution in [0.3, 0.4) is 0 Å². The topological polar surface area (TPSA) is 38.3 Å². The van der Waals surface area contributed by atoms with Crippen LogP contribution >= 0.6 is 0 Å². The van der Waals surface area contributed by atoms with E-state index in [1.807, 2.05) is 38.1 Å². The first-order valence-electron chi connectivity index (χ1n) is 7.14. The van der Waals surface area contributed by atoms with Crippen molar-refractivity contribution in [1.29, 1.82) is 0 Å². The first kappa shape index (κ1) is 14.1. The van der Waals surface area contributed by atoms with Crippen LogP contribution in [-0.2, 0) is 15.1 Å². The van der Waals surface area contributed by atoms with Crippen molar-refractivity contribution in [2.45, 2.75) is 51.6 Å². The second-order valence-corrected chi connectivity index (χ2v) is 5.26. The maximum absolute atomic E-state index is 12.5. The van der Waals surface area contributed by atoms with E-state index in [1.165, 1.54) is 5.56 Å². The lowest BCUT2D eigenvalue weighted by atomic mass is 9.86. The summed E-state index contributed by atoms with van der Waals surface area (Å²) in [5, 5.41) is 3.50. The third kappa shape index (κ3) is 2.98. The van der Waals surface area contributed by atoms with Crippen molar-refractivity contribution in [1.82, 2.24) is 5.32 Å². The van der Waals surface area contributed by atoms with Crippen LogP contribution in [0.2, 0.25) is 0 Å². The lowest BCUT2D eigenvalue weighted by Gasteiger charge is -2.32. The van der Waals surface area contributed by atoms with Crippen molar-refractivity contribution < 1.29 is 9.53 Å². The van der Waals surface area contributed by atoms with Gasteiger partial charge in [0.15, 0.2) is 0 Å². The fourth-order valence-corrected chi connectivity index (χ4v) is 2.38. The molecule has 0 bridgehead atoms. The molecule has 0 spiro atoms. The van der Waals surface area contributed by atoms with Gasteiger partial charge in [-0.15, -0.1) is 0 Å². The van der Waals surface area contributed by atoms with E-state index in [4.69, 9.17) is 4.74 Å². The van der Waals surface area contributed by atoms with Gasteiger partial charge >= 0.3 is 5.97 Å². The van der Waals surface area contributed by atoms with E-state index >= 15 is 0 Å². The second-order valence-electron chi connectivity index (χ2n) is 5.26. The van der Waals surface area contributed by atoms with Crippen molar-refractivity contribution in [2.75, 3.05) is 6.61 Å². The normalized spacial score (nSPS) is 17.8. The predicted octanol–water partition coefficient (Wildman–Crippen LogP) is 2.92. The standard InChI is InChI=1S/C16H23NO2/c1-4-16(15(18)19-5-2,17-14-10-11-14)13-8-6-12(3)7-9-13/h6-9,14,17H,4-5,10-11H2,1-3H3. The smallest absolute Gasteiger partial charge is 0.330 e. The van der Waals surface area contributed by atoms with Crippen LogP contribution in [0.15, 0.2) is 24.3 Å². The van der Waals surface area contributed by atoms with Gasteiger partial charge in [-0.2, -0.15) is 0 Å². The fraction of sp³-hybridized carbons (Fsp3) is 0.562. The lowest BCUT2D eigenvalue weighted by Crippen LogP contribution is -2.50. The molecule has 3 heteroatoms. The minimum atomic E-state index is -0.690. The molecule has 0 radical (unpaired) electrons. The molecule has 0 heterocycles. The number of ether oxygens (including phenoxy) is 1. The molecule has 1 saturated carbocycles. The highest BCUT2D eigenvalue weighted by Gasteiger charge is 2.43. The Kier molecular flexibility index (Phi) is 4.25. The van der Waals surface area contributed by atoms with E-state index in [0.717, 1.165) is 18.4 Å². The molecule has 0 amide bonds. The van der Waals surface area contributed by atoms with Crippen LogP contribution in [0.5, 0.6) is 0 Å². The Morgan fingerprint density at radius 3 is 2.42 bits per heavy atom. The summed E-state index contributed by atoms with van der Waals surface area (Å²) in [6.45, 7) is 6.35. The molecular weight excluding hydrogens is 238 g/mol. The van der Waals surface area contributed by atoms with Gasteiger partial charge in [0, 0.05) is 6.04 Å². The molecule has 1 atom stereocenters. The number of hydrogen-bond acceptors (Lipinski definition) is 3. The minimum absolute atomic E-state index is 0.159. The van der Waals surface area contributed by atoms with Crippen molar-refractivity contribution in [2.24, 2.45) is 0 Å². The fourth-order valence-electron chi connectivity index (χ4n) is 2.38. The first-order valence-corrected chi connectivity index (χ1v) is 7.14. The van der Waals surface area contributed by atoms with Gasteiger partial charge in [0.1, 0.15) is 5.54 Å². The lowest BCUT2D eigenvalue weighted by molar-refractivity contribution is -0.152. The number of rotatable bonds is 6. The van der Waals surface area contributed by atoms with Crippen LogP contribution in [0.1, 0.15) is 44.2 Å². The van der Waals surface area contributed by atoms with E-state index in [-0.39, 0.29) is 5.97 Å². The van der Waals surface area contributed by atoms with Gasteiger partial charge in [-0.25, -0.2) is 4.79 Å². The van der Waals surface area contributed by atoms with Crippen LogP contribution in [-0.4, -0.2) is 18.6 Å². The molecule has 1 fully saturated rings. The van der Waals surface area contributed by atoms with Gasteiger partial charge in [0.2, 0.25) is 0 Å². The molecule has 0 saturated heterocycles. The van der Waals surface area contributed by atoms with Crippen LogP contribution in [0.4, 0.5) is 0 Å². The summed E-state index contributed by atoms with van der Waals surface area (Å²) in [5.41, 5.74) is 1.51. The van der Waals surface area contributed by atoms with E-state index < -0.39 is 5.54 Å². The first-order chi connectivity index (χ1) is 9.12. The highest BCUT2D eigenvalue weighted by molar-refractivity contribution is 5.82. The van der Waals surface area contributed by atoms with Crippen molar-refractivity contribution in [3.05, 3.63) is 35.4 Å². The Bertz CT molecular complexity index is 437. The van der Waals surface area contributed by atoms with Crippen LogP contribution in [0.25, 0.3) is 0 Å². The number of benzene rings is 1. The highest BCUT2D eigenvalue weighted by atomic mass is 16.5. The molecule has 1 aliphatic rings. The Labute approximate surface area is 115 Å². The van der Waals surface area contributed by atoms with Crippen molar-refractivity contribution in [3.63, 3.8) is 0 Å². The molecule has 1 unspecified atom stereocenters. The summed E-state index contributed by atoms with van der Waals surface area (Å²) in [6.07, 6.45) is 2.99. The molecule has 0 aromatic heterocycles.